The first-order valence-electron chi connectivity index (χ1n) is 8.81. The third-order valence-corrected chi connectivity index (χ3v) is 7.29. The number of rotatable bonds is 5. The van der Waals surface area contributed by atoms with Gasteiger partial charge in [0.1, 0.15) is 30.0 Å². The Hall–Kier alpha value is -2.92. The summed E-state index contributed by atoms with van der Waals surface area (Å²) in [5.41, 5.74) is 0.518. The molecule has 2 aromatic rings. The number of nitrogens with zero attached hydrogens (tertiary/aromatic N) is 2. The lowest BCUT2D eigenvalue weighted by atomic mass is 10.0. The standard InChI is InChI=1S/C19H16FN3O5S2/c1-8-7-29-18-14(17(25)23(18)15(8)19(26)27)21-16(24)13(22-28-2)12-5-9-3-4-10(20)6-11(9)30-12/h3-6,14,18H,7H2,1-2H3,(H,21,24)(H,26,27)/b22-13+/t14?,18-/m1/s1. The van der Waals surface area contributed by atoms with Crippen molar-refractivity contribution in [3.8, 4) is 0 Å². The third-order valence-electron chi connectivity index (χ3n) is 4.76. The van der Waals surface area contributed by atoms with E-state index in [2.05, 4.69) is 10.5 Å². The van der Waals surface area contributed by atoms with E-state index in [-0.39, 0.29) is 11.4 Å². The van der Waals surface area contributed by atoms with Gasteiger partial charge in [-0.2, -0.15) is 0 Å². The Labute approximate surface area is 178 Å². The molecular formula is C19H16FN3O5S2. The van der Waals surface area contributed by atoms with Crippen LogP contribution in [0.15, 0.2) is 40.7 Å². The van der Waals surface area contributed by atoms with E-state index in [4.69, 9.17) is 4.84 Å². The summed E-state index contributed by atoms with van der Waals surface area (Å²) in [6.07, 6.45) is 0. The Morgan fingerprint density at radius 1 is 1.37 bits per heavy atom. The minimum Gasteiger partial charge on any atom is -0.477 e. The SMILES string of the molecule is CO/N=C(/C(=O)NC1C(=O)N2C(C(=O)O)=C(C)CS[C@H]12)c1cc2ccc(F)cc2s1. The number of halogens is 1. The molecule has 0 radical (unpaired) electrons. The highest BCUT2D eigenvalue weighted by Gasteiger charge is 2.54. The molecule has 0 spiro atoms. The summed E-state index contributed by atoms with van der Waals surface area (Å²) < 4.78 is 14.1. The first-order valence-corrected chi connectivity index (χ1v) is 10.7. The fraction of sp³-hybridized carbons (Fsp3) is 0.263. The van der Waals surface area contributed by atoms with Crippen LogP contribution in [0.2, 0.25) is 0 Å². The van der Waals surface area contributed by atoms with Gasteiger partial charge in [-0.15, -0.1) is 23.1 Å². The molecule has 4 rings (SSSR count). The Bertz CT molecular complexity index is 1140. The van der Waals surface area contributed by atoms with Crippen LogP contribution >= 0.6 is 23.1 Å². The number of carbonyl (C=O) groups excluding carboxylic acids is 2. The van der Waals surface area contributed by atoms with Crippen LogP contribution in [-0.2, 0) is 19.2 Å². The highest BCUT2D eigenvalue weighted by atomic mass is 32.2. The van der Waals surface area contributed by atoms with E-state index in [9.17, 15) is 23.9 Å². The van der Waals surface area contributed by atoms with E-state index in [1.165, 1.54) is 47.2 Å². The maximum Gasteiger partial charge on any atom is 0.352 e. The predicted octanol–water partition coefficient (Wildman–Crippen LogP) is 2.15. The van der Waals surface area contributed by atoms with Crippen molar-refractivity contribution in [2.24, 2.45) is 5.16 Å². The van der Waals surface area contributed by atoms with Crippen LogP contribution in [-0.4, -0.2) is 57.8 Å². The molecule has 2 atom stereocenters. The molecule has 2 aliphatic rings. The number of aliphatic carboxylic acids is 1. The van der Waals surface area contributed by atoms with E-state index in [0.29, 0.717) is 20.9 Å². The Morgan fingerprint density at radius 2 is 2.13 bits per heavy atom. The quantitative estimate of drug-likeness (QED) is 0.411. The maximum absolute atomic E-state index is 13.5. The summed E-state index contributed by atoms with van der Waals surface area (Å²) >= 11 is 2.55. The molecule has 1 fully saturated rings. The Balaban J connectivity index is 1.57. The number of thioether (sulfide) groups is 1. The predicted molar refractivity (Wildman–Crippen MR) is 111 cm³/mol. The Morgan fingerprint density at radius 3 is 2.83 bits per heavy atom. The van der Waals surface area contributed by atoms with E-state index >= 15 is 0 Å². The monoisotopic (exact) mass is 449 g/mol. The van der Waals surface area contributed by atoms with Crippen molar-refractivity contribution in [1.82, 2.24) is 10.2 Å². The van der Waals surface area contributed by atoms with Gasteiger partial charge < -0.3 is 15.3 Å². The van der Waals surface area contributed by atoms with Crippen molar-refractivity contribution in [2.45, 2.75) is 18.3 Å². The molecule has 1 unspecified atom stereocenters. The number of carboxylic acid groups (broad SMARTS) is 1. The molecule has 11 heteroatoms. The zero-order chi connectivity index (χ0) is 21.6. The number of fused-ring (bicyclic) bond motifs is 2. The van der Waals surface area contributed by atoms with Gasteiger partial charge in [-0.25, -0.2) is 9.18 Å². The van der Waals surface area contributed by atoms with Crippen molar-refractivity contribution in [2.75, 3.05) is 12.9 Å². The van der Waals surface area contributed by atoms with Gasteiger partial charge in [0.25, 0.3) is 11.8 Å². The van der Waals surface area contributed by atoms with Gasteiger partial charge in [0.05, 0.1) is 4.88 Å². The van der Waals surface area contributed by atoms with Crippen molar-refractivity contribution in [1.29, 1.82) is 0 Å². The van der Waals surface area contributed by atoms with Gasteiger partial charge in [-0.05, 0) is 36.1 Å². The highest BCUT2D eigenvalue weighted by Crippen LogP contribution is 2.40. The van der Waals surface area contributed by atoms with Crippen molar-refractivity contribution in [3.05, 3.63) is 46.2 Å². The van der Waals surface area contributed by atoms with Crippen molar-refractivity contribution in [3.63, 3.8) is 0 Å². The average molecular weight is 449 g/mol. The number of carboxylic acids is 1. The number of oxime groups is 1. The van der Waals surface area contributed by atoms with E-state index in [0.717, 1.165) is 5.39 Å². The second-order valence-corrected chi connectivity index (χ2v) is 8.90. The van der Waals surface area contributed by atoms with Crippen LogP contribution < -0.4 is 5.32 Å². The molecule has 8 nitrogen and oxygen atoms in total. The second-order valence-electron chi connectivity index (χ2n) is 6.71. The summed E-state index contributed by atoms with van der Waals surface area (Å²) in [6, 6.07) is 5.10. The van der Waals surface area contributed by atoms with Crippen molar-refractivity contribution < 1.29 is 28.7 Å². The van der Waals surface area contributed by atoms with Gasteiger partial charge in [0.15, 0.2) is 5.71 Å². The molecule has 2 N–H and O–H groups in total. The normalized spacial score (nSPS) is 21.4. The molecule has 0 aliphatic carbocycles. The molecule has 1 aromatic carbocycles. The molecule has 2 aliphatic heterocycles. The lowest BCUT2D eigenvalue weighted by Gasteiger charge is -2.49. The molecule has 3 heterocycles. The van der Waals surface area contributed by atoms with E-state index < -0.39 is 35.0 Å². The van der Waals surface area contributed by atoms with E-state index in [1.807, 2.05) is 0 Å². The van der Waals surface area contributed by atoms with Crippen LogP contribution in [0.4, 0.5) is 4.39 Å². The first kappa shape index (κ1) is 20.4. The molecule has 1 saturated heterocycles. The zero-order valence-electron chi connectivity index (χ0n) is 15.8. The highest BCUT2D eigenvalue weighted by molar-refractivity contribution is 8.00. The number of carbonyl (C=O) groups is 3. The number of amides is 2. The lowest BCUT2D eigenvalue weighted by Crippen LogP contribution is -2.71. The van der Waals surface area contributed by atoms with Crippen LogP contribution in [0.25, 0.3) is 10.1 Å². The fourth-order valence-electron chi connectivity index (χ4n) is 3.40. The number of thiophene rings is 1. The van der Waals surface area contributed by atoms with Gasteiger partial charge >= 0.3 is 5.97 Å². The number of hydrogen-bond donors (Lipinski definition) is 2. The molecule has 2 amide bonds. The first-order chi connectivity index (χ1) is 14.3. The molecule has 30 heavy (non-hydrogen) atoms. The summed E-state index contributed by atoms with van der Waals surface area (Å²) in [5.74, 6) is -2.24. The number of nitrogens with one attached hydrogen (secondary N) is 1. The van der Waals surface area contributed by atoms with Gasteiger partial charge in [0, 0.05) is 10.5 Å². The van der Waals surface area contributed by atoms with Crippen molar-refractivity contribution >= 4 is 56.7 Å². The van der Waals surface area contributed by atoms with Crippen LogP contribution in [0.3, 0.4) is 0 Å². The summed E-state index contributed by atoms with van der Waals surface area (Å²) in [5, 5.41) is 16.1. The van der Waals surface area contributed by atoms with E-state index in [1.54, 1.807) is 19.1 Å². The molecule has 156 valence electrons. The smallest absolute Gasteiger partial charge is 0.352 e. The van der Waals surface area contributed by atoms with Crippen LogP contribution in [0, 0.1) is 5.82 Å². The largest absolute Gasteiger partial charge is 0.477 e. The molecule has 0 bridgehead atoms. The van der Waals surface area contributed by atoms with Gasteiger partial charge in [-0.1, -0.05) is 11.2 Å². The fourth-order valence-corrected chi connectivity index (χ4v) is 5.75. The number of β-lactam (4-membered cyclic amide) rings is 1. The summed E-state index contributed by atoms with van der Waals surface area (Å²) in [4.78, 5) is 43.4. The summed E-state index contributed by atoms with van der Waals surface area (Å²) in [6.45, 7) is 1.67. The van der Waals surface area contributed by atoms with Gasteiger partial charge in [0.2, 0.25) is 0 Å². The number of hydrogen-bond acceptors (Lipinski definition) is 7. The minimum absolute atomic E-state index is 0.0356. The third kappa shape index (κ3) is 3.33. The molecule has 1 aromatic heterocycles. The van der Waals surface area contributed by atoms with Crippen LogP contribution in [0.1, 0.15) is 11.8 Å². The minimum atomic E-state index is -1.17. The molecular weight excluding hydrogens is 433 g/mol. The molecule has 0 saturated carbocycles. The lowest BCUT2D eigenvalue weighted by molar-refractivity contribution is -0.150. The zero-order valence-corrected chi connectivity index (χ0v) is 17.5. The topological polar surface area (TPSA) is 108 Å². The Kier molecular flexibility index (Phi) is 5.24. The van der Waals surface area contributed by atoms with Gasteiger partial charge in [-0.3, -0.25) is 14.5 Å². The average Bonchev–Trinajstić information content (AvgIpc) is 3.12. The maximum atomic E-state index is 13.5. The second kappa shape index (κ2) is 7.73. The summed E-state index contributed by atoms with van der Waals surface area (Å²) in [7, 11) is 1.29. The number of benzene rings is 1. The van der Waals surface area contributed by atoms with Crippen LogP contribution in [0.5, 0.6) is 0 Å².